The van der Waals surface area contributed by atoms with Gasteiger partial charge in [-0.3, -0.25) is 24.1 Å². The quantitative estimate of drug-likeness (QED) is 0.433. The van der Waals surface area contributed by atoms with Gasteiger partial charge in [0.2, 0.25) is 5.91 Å². The molecular formula is C21H19N3O6. The number of hydrogen-bond acceptors (Lipinski definition) is 6. The number of imide groups is 1. The summed E-state index contributed by atoms with van der Waals surface area (Å²) in [5.74, 6) is -2.52. The van der Waals surface area contributed by atoms with Gasteiger partial charge in [0, 0.05) is 18.5 Å². The lowest BCUT2D eigenvalue weighted by molar-refractivity contribution is -0.122. The third kappa shape index (κ3) is 4.04. The molecule has 30 heavy (non-hydrogen) atoms. The Bertz CT molecular complexity index is 1030. The highest BCUT2D eigenvalue weighted by molar-refractivity contribution is 6.22. The number of nitrogens with zero attached hydrogens (tertiary/aromatic N) is 1. The van der Waals surface area contributed by atoms with Crippen LogP contribution in [0.25, 0.3) is 0 Å². The summed E-state index contributed by atoms with van der Waals surface area (Å²) in [5.41, 5.74) is 6.49. The summed E-state index contributed by atoms with van der Waals surface area (Å²) in [7, 11) is 0. The van der Waals surface area contributed by atoms with Gasteiger partial charge in [0.15, 0.2) is 0 Å². The van der Waals surface area contributed by atoms with Crippen molar-refractivity contribution in [2.45, 2.75) is 25.4 Å². The SMILES string of the molecule is NC(=O)C(CCC=O)N1C(=O)c2ccc(CNC(=O)c3ccc(O)cc3)cc2C1=O. The van der Waals surface area contributed by atoms with E-state index in [0.717, 1.165) is 4.90 Å². The molecule has 1 aliphatic rings. The summed E-state index contributed by atoms with van der Waals surface area (Å²) in [4.78, 5) is 60.7. The maximum absolute atomic E-state index is 12.8. The van der Waals surface area contributed by atoms with Gasteiger partial charge in [-0.15, -0.1) is 0 Å². The molecule has 9 nitrogen and oxygen atoms in total. The molecule has 1 heterocycles. The van der Waals surface area contributed by atoms with Crippen LogP contribution in [0.5, 0.6) is 5.75 Å². The fourth-order valence-corrected chi connectivity index (χ4v) is 3.22. The Balaban J connectivity index is 1.76. The van der Waals surface area contributed by atoms with Crippen LogP contribution in [-0.2, 0) is 16.1 Å². The minimum absolute atomic E-state index is 0.0183. The van der Waals surface area contributed by atoms with E-state index in [1.54, 1.807) is 6.07 Å². The second-order valence-electron chi connectivity index (χ2n) is 6.75. The normalized spacial score (nSPS) is 13.7. The van der Waals surface area contributed by atoms with E-state index >= 15 is 0 Å². The number of fused-ring (bicyclic) bond motifs is 1. The summed E-state index contributed by atoms with van der Waals surface area (Å²) in [6, 6.07) is 9.04. The predicted molar refractivity (Wildman–Crippen MR) is 104 cm³/mol. The molecule has 154 valence electrons. The largest absolute Gasteiger partial charge is 0.508 e. The zero-order valence-corrected chi connectivity index (χ0v) is 15.8. The lowest BCUT2D eigenvalue weighted by Crippen LogP contribution is -2.47. The lowest BCUT2D eigenvalue weighted by atomic mass is 10.1. The van der Waals surface area contributed by atoms with E-state index in [-0.39, 0.29) is 42.2 Å². The number of amides is 4. The average molecular weight is 409 g/mol. The van der Waals surface area contributed by atoms with Crippen LogP contribution in [0.1, 0.15) is 49.5 Å². The second kappa shape index (κ2) is 8.56. The molecule has 0 radical (unpaired) electrons. The van der Waals surface area contributed by atoms with Crippen LogP contribution < -0.4 is 11.1 Å². The Morgan fingerprint density at radius 1 is 1.07 bits per heavy atom. The third-order valence-corrected chi connectivity index (χ3v) is 4.76. The smallest absolute Gasteiger partial charge is 0.262 e. The fraction of sp³-hybridized carbons (Fsp3) is 0.190. The number of rotatable bonds is 8. The van der Waals surface area contributed by atoms with E-state index in [1.807, 2.05) is 0 Å². The molecule has 0 saturated carbocycles. The first-order valence-electron chi connectivity index (χ1n) is 9.14. The van der Waals surface area contributed by atoms with Crippen LogP contribution in [0.4, 0.5) is 0 Å². The predicted octanol–water partition coefficient (Wildman–Crippen LogP) is 0.751. The molecule has 4 N–H and O–H groups in total. The number of carbonyl (C=O) groups excluding carboxylic acids is 5. The Labute approximate surface area is 171 Å². The number of benzene rings is 2. The van der Waals surface area contributed by atoms with E-state index in [9.17, 15) is 29.1 Å². The summed E-state index contributed by atoms with van der Waals surface area (Å²) in [6.07, 6.45) is 0.526. The minimum atomic E-state index is -1.21. The molecule has 0 fully saturated rings. The highest BCUT2D eigenvalue weighted by Crippen LogP contribution is 2.27. The number of nitrogens with two attached hydrogens (primary N) is 1. The van der Waals surface area contributed by atoms with Gasteiger partial charge in [-0.05, 0) is 48.4 Å². The monoisotopic (exact) mass is 409 g/mol. The zero-order chi connectivity index (χ0) is 21.8. The fourth-order valence-electron chi connectivity index (χ4n) is 3.22. The molecule has 0 aromatic heterocycles. The number of carbonyl (C=O) groups is 5. The number of aromatic hydroxyl groups is 1. The first kappa shape index (κ1) is 20.7. The molecule has 9 heteroatoms. The van der Waals surface area contributed by atoms with Gasteiger partial charge in [0.05, 0.1) is 11.1 Å². The molecule has 3 rings (SSSR count). The van der Waals surface area contributed by atoms with Crippen molar-refractivity contribution in [2.75, 3.05) is 0 Å². The first-order valence-corrected chi connectivity index (χ1v) is 9.14. The maximum Gasteiger partial charge on any atom is 0.262 e. The van der Waals surface area contributed by atoms with Crippen LogP contribution >= 0.6 is 0 Å². The highest BCUT2D eigenvalue weighted by atomic mass is 16.3. The summed E-state index contributed by atoms with van der Waals surface area (Å²) < 4.78 is 0. The second-order valence-corrected chi connectivity index (χ2v) is 6.75. The van der Waals surface area contributed by atoms with Crippen molar-refractivity contribution < 1.29 is 29.1 Å². The van der Waals surface area contributed by atoms with Gasteiger partial charge in [0.1, 0.15) is 18.1 Å². The Kier molecular flexibility index (Phi) is 5.91. The van der Waals surface area contributed by atoms with Crippen LogP contribution in [0, 0.1) is 0 Å². The van der Waals surface area contributed by atoms with Crippen LogP contribution in [-0.4, -0.2) is 46.0 Å². The van der Waals surface area contributed by atoms with E-state index in [4.69, 9.17) is 5.73 Å². The van der Waals surface area contributed by atoms with Crippen molar-refractivity contribution in [3.63, 3.8) is 0 Å². The summed E-state index contributed by atoms with van der Waals surface area (Å²) in [5, 5.41) is 12.0. The number of phenolic OH excluding ortho intramolecular Hbond substituents is 1. The van der Waals surface area contributed by atoms with Crippen LogP contribution in [0.3, 0.4) is 0 Å². The van der Waals surface area contributed by atoms with Crippen LogP contribution in [0.2, 0.25) is 0 Å². The van der Waals surface area contributed by atoms with Gasteiger partial charge in [0.25, 0.3) is 17.7 Å². The molecule has 4 amide bonds. The van der Waals surface area contributed by atoms with E-state index in [2.05, 4.69) is 5.32 Å². The molecule has 1 unspecified atom stereocenters. The molecule has 2 aromatic rings. The number of phenols is 1. The number of aldehydes is 1. The highest BCUT2D eigenvalue weighted by Gasteiger charge is 2.41. The van der Waals surface area contributed by atoms with Gasteiger partial charge < -0.3 is 21.0 Å². The van der Waals surface area contributed by atoms with Gasteiger partial charge in [-0.25, -0.2) is 0 Å². The lowest BCUT2D eigenvalue weighted by Gasteiger charge is -2.22. The molecule has 0 spiro atoms. The standard InChI is InChI=1S/C21H19N3O6/c22-18(27)17(2-1-9-25)24-20(29)15-8-3-12(10-16(15)21(24)30)11-23-19(28)13-4-6-14(26)7-5-13/h3-10,17,26H,1-2,11H2,(H2,22,27)(H,23,28). The average Bonchev–Trinajstić information content (AvgIpc) is 2.97. The molecule has 0 aliphatic carbocycles. The Morgan fingerprint density at radius 2 is 1.73 bits per heavy atom. The Morgan fingerprint density at radius 3 is 2.37 bits per heavy atom. The molecule has 1 aliphatic heterocycles. The topological polar surface area (TPSA) is 147 Å². The van der Waals surface area contributed by atoms with Crippen molar-refractivity contribution in [1.82, 2.24) is 10.2 Å². The number of hydrogen-bond donors (Lipinski definition) is 3. The molecular weight excluding hydrogens is 390 g/mol. The van der Waals surface area contributed by atoms with Crippen LogP contribution in [0.15, 0.2) is 42.5 Å². The van der Waals surface area contributed by atoms with Gasteiger partial charge in [-0.2, -0.15) is 0 Å². The van der Waals surface area contributed by atoms with E-state index in [0.29, 0.717) is 17.4 Å². The van der Waals surface area contributed by atoms with Crippen molar-refractivity contribution in [2.24, 2.45) is 5.73 Å². The number of primary amides is 1. The summed E-state index contributed by atoms with van der Waals surface area (Å²) in [6.45, 7) is 0.0961. The van der Waals surface area contributed by atoms with E-state index < -0.39 is 23.8 Å². The van der Waals surface area contributed by atoms with Crippen molar-refractivity contribution in [3.8, 4) is 5.75 Å². The van der Waals surface area contributed by atoms with Gasteiger partial charge in [-0.1, -0.05) is 6.07 Å². The minimum Gasteiger partial charge on any atom is -0.508 e. The number of nitrogens with one attached hydrogen (secondary N) is 1. The van der Waals surface area contributed by atoms with Crippen molar-refractivity contribution in [1.29, 1.82) is 0 Å². The Hall–Kier alpha value is -4.01. The van der Waals surface area contributed by atoms with Crippen molar-refractivity contribution in [3.05, 3.63) is 64.7 Å². The van der Waals surface area contributed by atoms with Gasteiger partial charge >= 0.3 is 0 Å². The van der Waals surface area contributed by atoms with Crippen molar-refractivity contribution >= 4 is 29.9 Å². The van der Waals surface area contributed by atoms with E-state index in [1.165, 1.54) is 36.4 Å². The zero-order valence-electron chi connectivity index (χ0n) is 15.8. The molecule has 0 saturated heterocycles. The summed E-state index contributed by atoms with van der Waals surface area (Å²) >= 11 is 0. The third-order valence-electron chi connectivity index (χ3n) is 4.76. The molecule has 0 bridgehead atoms. The molecule has 2 aromatic carbocycles. The maximum atomic E-state index is 12.8. The molecule has 1 atom stereocenters. The first-order chi connectivity index (χ1) is 14.3.